The number of fused-ring (bicyclic) bond motifs is 1. The topological polar surface area (TPSA) is 75.9 Å². The third-order valence-electron chi connectivity index (χ3n) is 6.81. The van der Waals surface area contributed by atoms with Gasteiger partial charge in [0.15, 0.2) is 5.82 Å². The van der Waals surface area contributed by atoms with E-state index in [4.69, 9.17) is 5.10 Å². The molecule has 0 saturated carbocycles. The lowest BCUT2D eigenvalue weighted by molar-refractivity contribution is -0.125. The van der Waals surface area contributed by atoms with E-state index in [0.29, 0.717) is 19.6 Å². The number of nitrogens with zero attached hydrogens (tertiary/aromatic N) is 5. The smallest absolute Gasteiger partial charge is 0.223 e. The Morgan fingerprint density at radius 2 is 1.69 bits per heavy atom. The molecular formula is C27H29FN6O. The highest BCUT2D eigenvalue weighted by Gasteiger charge is 2.28. The van der Waals surface area contributed by atoms with Gasteiger partial charge in [-0.15, -0.1) is 5.10 Å². The predicted molar refractivity (Wildman–Crippen MR) is 134 cm³/mol. The van der Waals surface area contributed by atoms with Crippen LogP contribution in [0.5, 0.6) is 0 Å². The van der Waals surface area contributed by atoms with E-state index < -0.39 is 0 Å². The van der Waals surface area contributed by atoms with Crippen molar-refractivity contribution in [3.8, 4) is 5.69 Å². The summed E-state index contributed by atoms with van der Waals surface area (Å²) < 4.78 is 15.0. The summed E-state index contributed by atoms with van der Waals surface area (Å²) in [4.78, 5) is 14.9. The minimum Gasteiger partial charge on any atom is -0.353 e. The van der Waals surface area contributed by atoms with Crippen LogP contribution in [0.25, 0.3) is 16.6 Å². The Hall–Kier alpha value is -3.81. The molecule has 1 amide bonds. The van der Waals surface area contributed by atoms with Crippen LogP contribution >= 0.6 is 0 Å². The number of aryl methyl sites for hydroxylation is 3. The van der Waals surface area contributed by atoms with E-state index in [1.54, 1.807) is 12.1 Å². The van der Waals surface area contributed by atoms with Gasteiger partial charge in [-0.3, -0.25) is 4.79 Å². The second-order valence-corrected chi connectivity index (χ2v) is 9.27. The standard InChI is InChI=1S/C27H29FN6O/c1-17-4-10-23(11-5-17)34-19(3)24-18(2)30-31-26(25(24)32-34)33-14-12-21(13-15-33)27(35)29-16-20-6-8-22(28)9-7-20/h4-11,21H,12-16H2,1-3H3,(H,29,35). The van der Waals surface area contributed by atoms with E-state index in [0.717, 1.165) is 52.2 Å². The number of piperidine rings is 1. The molecule has 0 radical (unpaired) electrons. The van der Waals surface area contributed by atoms with Crippen LogP contribution in [0.4, 0.5) is 10.2 Å². The van der Waals surface area contributed by atoms with Crippen LogP contribution in [-0.2, 0) is 11.3 Å². The van der Waals surface area contributed by atoms with Gasteiger partial charge in [0.25, 0.3) is 0 Å². The summed E-state index contributed by atoms with van der Waals surface area (Å²) in [5.41, 5.74) is 5.82. The minimum atomic E-state index is -0.278. The number of halogens is 1. The first-order valence-electron chi connectivity index (χ1n) is 12.0. The number of benzene rings is 2. The van der Waals surface area contributed by atoms with Crippen molar-refractivity contribution in [1.29, 1.82) is 0 Å². The molecule has 1 aliphatic heterocycles. The van der Waals surface area contributed by atoms with Gasteiger partial charge in [0.1, 0.15) is 11.3 Å². The van der Waals surface area contributed by atoms with E-state index >= 15 is 0 Å². The van der Waals surface area contributed by atoms with E-state index in [-0.39, 0.29) is 17.6 Å². The number of hydrogen-bond donors (Lipinski definition) is 1. The first kappa shape index (κ1) is 23.0. The molecule has 5 rings (SSSR count). The van der Waals surface area contributed by atoms with Crippen LogP contribution in [0.15, 0.2) is 48.5 Å². The Labute approximate surface area is 204 Å². The second kappa shape index (κ2) is 9.44. The molecule has 1 aliphatic rings. The average Bonchev–Trinajstić information content (AvgIpc) is 3.22. The Bertz CT molecular complexity index is 1360. The Morgan fingerprint density at radius 3 is 2.37 bits per heavy atom. The molecule has 0 spiro atoms. The molecule has 2 aromatic carbocycles. The van der Waals surface area contributed by atoms with Crippen LogP contribution in [-0.4, -0.2) is 39.0 Å². The van der Waals surface area contributed by atoms with Crippen molar-refractivity contribution in [2.24, 2.45) is 5.92 Å². The van der Waals surface area contributed by atoms with Gasteiger partial charge in [-0.1, -0.05) is 29.8 Å². The molecule has 0 unspecified atom stereocenters. The zero-order valence-corrected chi connectivity index (χ0v) is 20.3. The Morgan fingerprint density at radius 1 is 1.00 bits per heavy atom. The molecule has 0 bridgehead atoms. The molecular weight excluding hydrogens is 443 g/mol. The van der Waals surface area contributed by atoms with Crippen LogP contribution in [0.2, 0.25) is 0 Å². The number of amides is 1. The van der Waals surface area contributed by atoms with Crippen LogP contribution in [0, 0.1) is 32.5 Å². The highest BCUT2D eigenvalue weighted by molar-refractivity contribution is 5.92. The van der Waals surface area contributed by atoms with Gasteiger partial charge in [0, 0.05) is 25.6 Å². The minimum absolute atomic E-state index is 0.0357. The van der Waals surface area contributed by atoms with Crippen molar-refractivity contribution >= 4 is 22.6 Å². The summed E-state index contributed by atoms with van der Waals surface area (Å²) in [5.74, 6) is 0.463. The van der Waals surface area contributed by atoms with Crippen molar-refractivity contribution in [2.75, 3.05) is 18.0 Å². The molecule has 8 heteroatoms. The molecule has 7 nitrogen and oxygen atoms in total. The van der Waals surface area contributed by atoms with E-state index in [1.165, 1.54) is 17.7 Å². The van der Waals surface area contributed by atoms with Crippen molar-refractivity contribution in [3.05, 3.63) is 76.9 Å². The first-order valence-corrected chi connectivity index (χ1v) is 12.0. The zero-order chi connectivity index (χ0) is 24.5. The van der Waals surface area contributed by atoms with Gasteiger partial charge >= 0.3 is 0 Å². The van der Waals surface area contributed by atoms with Crippen molar-refractivity contribution in [3.63, 3.8) is 0 Å². The fourth-order valence-corrected chi connectivity index (χ4v) is 4.75. The van der Waals surface area contributed by atoms with Crippen molar-refractivity contribution in [1.82, 2.24) is 25.3 Å². The largest absolute Gasteiger partial charge is 0.353 e. The quantitative estimate of drug-likeness (QED) is 0.466. The molecule has 2 aromatic heterocycles. The number of anilines is 1. The maximum atomic E-state index is 13.1. The van der Waals surface area contributed by atoms with Gasteiger partial charge in [0.2, 0.25) is 5.91 Å². The number of carbonyl (C=O) groups is 1. The predicted octanol–water partition coefficient (Wildman–Crippen LogP) is 4.41. The van der Waals surface area contributed by atoms with Crippen LogP contribution in [0.1, 0.15) is 35.4 Å². The average molecular weight is 473 g/mol. The second-order valence-electron chi connectivity index (χ2n) is 9.27. The van der Waals surface area contributed by atoms with Crippen molar-refractivity contribution < 1.29 is 9.18 Å². The Kier molecular flexibility index (Phi) is 6.19. The van der Waals surface area contributed by atoms with E-state index in [2.05, 4.69) is 58.5 Å². The molecule has 1 N–H and O–H groups in total. The number of carbonyl (C=O) groups excluding carboxylic acids is 1. The maximum absolute atomic E-state index is 13.1. The normalized spacial score (nSPS) is 14.5. The van der Waals surface area contributed by atoms with E-state index in [9.17, 15) is 9.18 Å². The molecule has 1 fully saturated rings. The number of aromatic nitrogens is 4. The first-order chi connectivity index (χ1) is 16.9. The zero-order valence-electron chi connectivity index (χ0n) is 20.3. The third-order valence-corrected chi connectivity index (χ3v) is 6.81. The van der Waals surface area contributed by atoms with Gasteiger partial charge in [-0.25, -0.2) is 9.07 Å². The molecule has 1 saturated heterocycles. The summed E-state index contributed by atoms with van der Waals surface area (Å²) in [6.45, 7) is 7.91. The van der Waals surface area contributed by atoms with Crippen LogP contribution < -0.4 is 10.2 Å². The maximum Gasteiger partial charge on any atom is 0.223 e. The van der Waals surface area contributed by atoms with E-state index in [1.807, 2.05) is 11.6 Å². The SMILES string of the molecule is Cc1ccc(-n2nc3c(N4CCC(C(=O)NCc5ccc(F)cc5)CC4)nnc(C)c3c2C)cc1. The van der Waals surface area contributed by atoms with Crippen molar-refractivity contribution in [2.45, 2.75) is 40.2 Å². The monoisotopic (exact) mass is 472 g/mol. The lowest BCUT2D eigenvalue weighted by Gasteiger charge is -2.32. The summed E-state index contributed by atoms with van der Waals surface area (Å²) in [7, 11) is 0. The van der Waals surface area contributed by atoms with Gasteiger partial charge < -0.3 is 10.2 Å². The molecule has 0 atom stereocenters. The van der Waals surface area contributed by atoms with Gasteiger partial charge in [-0.05, 0) is 63.4 Å². The summed E-state index contributed by atoms with van der Waals surface area (Å²) in [6, 6.07) is 14.5. The molecule has 180 valence electrons. The Balaban J connectivity index is 1.31. The molecule has 0 aliphatic carbocycles. The number of nitrogens with one attached hydrogen (secondary N) is 1. The molecule has 4 aromatic rings. The van der Waals surface area contributed by atoms with Crippen LogP contribution in [0.3, 0.4) is 0 Å². The third kappa shape index (κ3) is 4.60. The summed E-state index contributed by atoms with van der Waals surface area (Å²) >= 11 is 0. The molecule has 3 heterocycles. The molecule has 35 heavy (non-hydrogen) atoms. The van der Waals surface area contributed by atoms with Gasteiger partial charge in [-0.2, -0.15) is 10.2 Å². The highest BCUT2D eigenvalue weighted by Crippen LogP contribution is 2.31. The fourth-order valence-electron chi connectivity index (χ4n) is 4.75. The van der Waals surface area contributed by atoms with Gasteiger partial charge in [0.05, 0.1) is 22.5 Å². The fraction of sp³-hybridized carbons (Fsp3) is 0.333. The summed E-state index contributed by atoms with van der Waals surface area (Å²) in [5, 5.41) is 17.9. The lowest BCUT2D eigenvalue weighted by atomic mass is 9.95. The number of hydrogen-bond acceptors (Lipinski definition) is 5. The lowest BCUT2D eigenvalue weighted by Crippen LogP contribution is -2.40. The number of rotatable bonds is 5. The highest BCUT2D eigenvalue weighted by atomic mass is 19.1. The summed E-state index contributed by atoms with van der Waals surface area (Å²) in [6.07, 6.45) is 1.45.